The molecule has 0 aromatic carbocycles. The lowest BCUT2D eigenvalue weighted by Gasteiger charge is -2.21. The third kappa shape index (κ3) is 12.6. The molecule has 0 aromatic heterocycles. The first kappa shape index (κ1) is 20.9. The van der Waals surface area contributed by atoms with Gasteiger partial charge in [-0.1, -0.05) is 45.4 Å². The molecular formula is C17H33NO4. The molecule has 0 bridgehead atoms. The molecule has 0 spiro atoms. The zero-order valence-electron chi connectivity index (χ0n) is 14.6. The van der Waals surface area contributed by atoms with Crippen LogP contribution < -0.4 is 0 Å². The lowest BCUT2D eigenvalue weighted by Crippen LogP contribution is -2.30. The fraction of sp³-hybridized carbons (Fsp3) is 0.882. The summed E-state index contributed by atoms with van der Waals surface area (Å²) in [6, 6.07) is 0. The summed E-state index contributed by atoms with van der Waals surface area (Å²) in [5.74, 6) is -0.412. The second-order valence-corrected chi connectivity index (χ2v) is 5.62. The summed E-state index contributed by atoms with van der Waals surface area (Å²) in [4.78, 5) is 24.6. The largest absolute Gasteiger partial charge is 0.469 e. The number of rotatable bonds is 14. The highest BCUT2D eigenvalue weighted by Crippen LogP contribution is 2.08. The van der Waals surface area contributed by atoms with Crippen molar-refractivity contribution < 1.29 is 19.1 Å². The summed E-state index contributed by atoms with van der Waals surface area (Å²) >= 11 is 0. The molecule has 5 nitrogen and oxygen atoms in total. The fourth-order valence-electron chi connectivity index (χ4n) is 2.33. The van der Waals surface area contributed by atoms with Crippen molar-refractivity contribution in [2.75, 3.05) is 33.9 Å². The molecule has 0 aromatic rings. The average molecular weight is 315 g/mol. The van der Waals surface area contributed by atoms with Crippen LogP contribution in [0.3, 0.4) is 0 Å². The predicted octanol–water partition coefficient (Wildman–Crippen LogP) is 3.17. The van der Waals surface area contributed by atoms with Gasteiger partial charge >= 0.3 is 11.9 Å². The van der Waals surface area contributed by atoms with Gasteiger partial charge in [0.1, 0.15) is 0 Å². The van der Waals surface area contributed by atoms with Gasteiger partial charge in [-0.2, -0.15) is 0 Å². The lowest BCUT2D eigenvalue weighted by atomic mass is 10.1. The van der Waals surface area contributed by atoms with E-state index in [2.05, 4.69) is 21.3 Å². The number of hydrogen-bond acceptors (Lipinski definition) is 5. The normalized spacial score (nSPS) is 10.7. The fourth-order valence-corrected chi connectivity index (χ4v) is 2.33. The molecule has 5 heteroatoms. The van der Waals surface area contributed by atoms with Crippen molar-refractivity contribution in [3.8, 4) is 0 Å². The predicted molar refractivity (Wildman–Crippen MR) is 87.7 cm³/mol. The van der Waals surface area contributed by atoms with Crippen molar-refractivity contribution in [2.45, 2.75) is 64.7 Å². The molecular weight excluding hydrogens is 282 g/mol. The van der Waals surface area contributed by atoms with Crippen LogP contribution in [0.25, 0.3) is 0 Å². The van der Waals surface area contributed by atoms with Gasteiger partial charge in [0.25, 0.3) is 0 Å². The van der Waals surface area contributed by atoms with Crippen LogP contribution in [-0.4, -0.2) is 50.7 Å². The van der Waals surface area contributed by atoms with Crippen molar-refractivity contribution >= 4 is 11.9 Å². The number of nitrogens with zero attached hydrogens (tertiary/aromatic N) is 1. The van der Waals surface area contributed by atoms with Crippen LogP contribution in [0.1, 0.15) is 64.7 Å². The summed E-state index contributed by atoms with van der Waals surface area (Å²) in [6.07, 6.45) is 9.54. The van der Waals surface area contributed by atoms with Crippen LogP contribution >= 0.6 is 0 Å². The number of unbranched alkanes of at least 4 members (excludes halogenated alkanes) is 6. The molecule has 22 heavy (non-hydrogen) atoms. The van der Waals surface area contributed by atoms with Crippen molar-refractivity contribution in [2.24, 2.45) is 0 Å². The lowest BCUT2D eigenvalue weighted by molar-refractivity contribution is -0.141. The Morgan fingerprint density at radius 1 is 0.727 bits per heavy atom. The van der Waals surface area contributed by atoms with Gasteiger partial charge in [-0.05, 0) is 13.0 Å². The number of hydrogen-bond donors (Lipinski definition) is 0. The Balaban J connectivity index is 3.90. The summed E-state index contributed by atoms with van der Waals surface area (Å²) in [7, 11) is 2.80. The Morgan fingerprint density at radius 2 is 1.18 bits per heavy atom. The van der Waals surface area contributed by atoms with E-state index in [1.165, 1.54) is 52.7 Å². The van der Waals surface area contributed by atoms with E-state index in [-0.39, 0.29) is 11.9 Å². The maximum atomic E-state index is 11.2. The van der Waals surface area contributed by atoms with Crippen molar-refractivity contribution in [1.82, 2.24) is 4.90 Å². The highest BCUT2D eigenvalue weighted by Gasteiger charge is 2.10. The molecule has 0 fully saturated rings. The van der Waals surface area contributed by atoms with Crippen molar-refractivity contribution in [1.29, 1.82) is 0 Å². The zero-order valence-corrected chi connectivity index (χ0v) is 14.6. The molecule has 0 rings (SSSR count). The standard InChI is InChI=1S/C17H33NO4/c1-4-5-6-7-8-9-10-13-18(14-11-16(19)21-2)15-12-17(20)22-3/h4-15H2,1-3H3. The van der Waals surface area contributed by atoms with Crippen LogP contribution in [0.5, 0.6) is 0 Å². The van der Waals surface area contributed by atoms with Gasteiger partial charge < -0.3 is 14.4 Å². The van der Waals surface area contributed by atoms with Crippen molar-refractivity contribution in [3.05, 3.63) is 0 Å². The Morgan fingerprint density at radius 3 is 1.64 bits per heavy atom. The third-order valence-electron chi connectivity index (χ3n) is 3.80. The van der Waals surface area contributed by atoms with Gasteiger partial charge in [-0.15, -0.1) is 0 Å². The van der Waals surface area contributed by atoms with Gasteiger partial charge in [0, 0.05) is 13.1 Å². The van der Waals surface area contributed by atoms with Gasteiger partial charge in [-0.3, -0.25) is 9.59 Å². The minimum atomic E-state index is -0.206. The van der Waals surface area contributed by atoms with Gasteiger partial charge in [0.15, 0.2) is 0 Å². The Kier molecular flexibility index (Phi) is 14.1. The number of methoxy groups -OCH3 is 2. The molecule has 0 amide bonds. The smallest absolute Gasteiger partial charge is 0.306 e. The van der Waals surface area contributed by atoms with E-state index in [1.54, 1.807) is 0 Å². The highest BCUT2D eigenvalue weighted by atomic mass is 16.5. The molecule has 0 atom stereocenters. The quantitative estimate of drug-likeness (QED) is 0.364. The minimum absolute atomic E-state index is 0.206. The Bertz CT molecular complexity index is 274. The number of esters is 2. The van der Waals surface area contributed by atoms with E-state index in [1.807, 2.05) is 0 Å². The minimum Gasteiger partial charge on any atom is -0.469 e. The average Bonchev–Trinajstić information content (AvgIpc) is 2.54. The first-order valence-electron chi connectivity index (χ1n) is 8.50. The molecule has 0 heterocycles. The maximum Gasteiger partial charge on any atom is 0.306 e. The molecule has 0 N–H and O–H groups in total. The third-order valence-corrected chi connectivity index (χ3v) is 3.80. The van der Waals surface area contributed by atoms with Crippen LogP contribution in [0.2, 0.25) is 0 Å². The van der Waals surface area contributed by atoms with Crippen LogP contribution in [0, 0.1) is 0 Å². The first-order chi connectivity index (χ1) is 10.6. The summed E-state index contributed by atoms with van der Waals surface area (Å²) in [5.41, 5.74) is 0. The summed E-state index contributed by atoms with van der Waals surface area (Å²) in [6.45, 7) is 4.42. The van der Waals surface area contributed by atoms with Gasteiger partial charge in [-0.25, -0.2) is 0 Å². The Labute approximate surface area is 135 Å². The molecule has 0 aliphatic rings. The van der Waals surface area contributed by atoms with E-state index in [4.69, 9.17) is 0 Å². The number of ether oxygens (including phenoxy) is 2. The molecule has 0 aliphatic carbocycles. The van der Waals surface area contributed by atoms with E-state index < -0.39 is 0 Å². The van der Waals surface area contributed by atoms with Gasteiger partial charge in [0.2, 0.25) is 0 Å². The van der Waals surface area contributed by atoms with E-state index >= 15 is 0 Å². The summed E-state index contributed by atoms with van der Waals surface area (Å²) in [5, 5.41) is 0. The molecule has 130 valence electrons. The monoisotopic (exact) mass is 315 g/mol. The van der Waals surface area contributed by atoms with Crippen LogP contribution in [0.4, 0.5) is 0 Å². The van der Waals surface area contributed by atoms with E-state index in [0.29, 0.717) is 25.9 Å². The highest BCUT2D eigenvalue weighted by molar-refractivity contribution is 5.70. The SMILES string of the molecule is CCCCCCCCCN(CCC(=O)OC)CCC(=O)OC. The molecule has 0 aliphatic heterocycles. The molecule has 0 saturated heterocycles. The second-order valence-electron chi connectivity index (χ2n) is 5.62. The molecule has 0 unspecified atom stereocenters. The van der Waals surface area contributed by atoms with Gasteiger partial charge in [0.05, 0.1) is 27.1 Å². The maximum absolute atomic E-state index is 11.2. The van der Waals surface area contributed by atoms with E-state index in [9.17, 15) is 9.59 Å². The number of carbonyl (C=O) groups is 2. The molecule has 0 saturated carbocycles. The number of carbonyl (C=O) groups excluding carboxylic acids is 2. The first-order valence-corrected chi connectivity index (χ1v) is 8.50. The second kappa shape index (κ2) is 14.8. The summed E-state index contributed by atoms with van der Waals surface area (Å²) < 4.78 is 9.34. The Hall–Kier alpha value is -1.10. The van der Waals surface area contributed by atoms with Crippen LogP contribution in [-0.2, 0) is 19.1 Å². The topological polar surface area (TPSA) is 55.8 Å². The van der Waals surface area contributed by atoms with Crippen molar-refractivity contribution in [3.63, 3.8) is 0 Å². The zero-order chi connectivity index (χ0) is 16.6. The van der Waals surface area contributed by atoms with E-state index in [0.717, 1.165) is 13.0 Å². The molecule has 0 radical (unpaired) electrons. The van der Waals surface area contributed by atoms with Crippen LogP contribution in [0.15, 0.2) is 0 Å².